The Hall–Kier alpha value is -2.76. The van der Waals surface area contributed by atoms with Crippen LogP contribution in [-0.4, -0.2) is 29.9 Å². The highest BCUT2D eigenvalue weighted by Gasteiger charge is 2.34. The number of rotatable bonds is 5. The predicted octanol–water partition coefficient (Wildman–Crippen LogP) is 3.03. The number of halogens is 2. The molecular weight excluding hydrogens is 304 g/mol. The second-order valence-electron chi connectivity index (χ2n) is 5.08. The Morgan fingerprint density at radius 3 is 2.22 bits per heavy atom. The highest BCUT2D eigenvalue weighted by molar-refractivity contribution is 6.21. The lowest BCUT2D eigenvalue weighted by molar-refractivity contribution is 0.0646. The Labute approximate surface area is 131 Å². The maximum Gasteiger partial charge on any atom is 0.261 e. The summed E-state index contributed by atoms with van der Waals surface area (Å²) >= 11 is 0. The van der Waals surface area contributed by atoms with Crippen molar-refractivity contribution in [1.29, 1.82) is 0 Å². The quantitative estimate of drug-likeness (QED) is 0.629. The van der Waals surface area contributed by atoms with Crippen molar-refractivity contribution in [2.45, 2.75) is 6.42 Å². The van der Waals surface area contributed by atoms with E-state index >= 15 is 0 Å². The molecule has 0 atom stereocenters. The van der Waals surface area contributed by atoms with E-state index in [4.69, 9.17) is 4.74 Å². The molecule has 1 aliphatic rings. The second kappa shape index (κ2) is 6.16. The fourth-order valence-corrected chi connectivity index (χ4v) is 2.44. The number of amides is 2. The third kappa shape index (κ3) is 2.92. The van der Waals surface area contributed by atoms with Crippen LogP contribution in [0.1, 0.15) is 27.1 Å². The lowest BCUT2D eigenvalue weighted by atomic mass is 10.1. The normalized spacial score (nSPS) is 13.4. The van der Waals surface area contributed by atoms with Gasteiger partial charge in [0.2, 0.25) is 0 Å². The molecule has 3 rings (SSSR count). The molecule has 0 saturated carbocycles. The molecule has 2 aromatic carbocycles. The van der Waals surface area contributed by atoms with Gasteiger partial charge in [0.25, 0.3) is 11.8 Å². The summed E-state index contributed by atoms with van der Waals surface area (Å²) in [6.45, 7) is 0.283. The van der Waals surface area contributed by atoms with E-state index in [9.17, 15) is 18.4 Å². The van der Waals surface area contributed by atoms with Crippen molar-refractivity contribution in [3.63, 3.8) is 0 Å². The summed E-state index contributed by atoms with van der Waals surface area (Å²) in [5, 5.41) is 0. The molecule has 0 bridgehead atoms. The van der Waals surface area contributed by atoms with Crippen molar-refractivity contribution in [3.8, 4) is 5.75 Å². The minimum atomic E-state index is -0.786. The van der Waals surface area contributed by atoms with Crippen molar-refractivity contribution in [1.82, 2.24) is 4.90 Å². The number of imide groups is 1. The van der Waals surface area contributed by atoms with Gasteiger partial charge in [-0.05, 0) is 30.7 Å². The monoisotopic (exact) mass is 317 g/mol. The lowest BCUT2D eigenvalue weighted by Crippen LogP contribution is -2.31. The summed E-state index contributed by atoms with van der Waals surface area (Å²) in [7, 11) is 0. The van der Waals surface area contributed by atoms with Gasteiger partial charge in [-0.2, -0.15) is 0 Å². The molecule has 6 heteroatoms. The van der Waals surface area contributed by atoms with E-state index in [-0.39, 0.29) is 30.7 Å². The fraction of sp³-hybridized carbons (Fsp3) is 0.176. The zero-order chi connectivity index (χ0) is 16.4. The van der Waals surface area contributed by atoms with Crippen LogP contribution >= 0.6 is 0 Å². The van der Waals surface area contributed by atoms with Gasteiger partial charge < -0.3 is 4.74 Å². The average molecular weight is 317 g/mol. The smallest absolute Gasteiger partial charge is 0.261 e. The van der Waals surface area contributed by atoms with Crippen molar-refractivity contribution in [2.24, 2.45) is 0 Å². The lowest BCUT2D eigenvalue weighted by Gasteiger charge is -2.14. The molecule has 0 radical (unpaired) electrons. The van der Waals surface area contributed by atoms with Crippen molar-refractivity contribution >= 4 is 11.8 Å². The molecule has 0 saturated heterocycles. The Morgan fingerprint density at radius 2 is 1.61 bits per heavy atom. The van der Waals surface area contributed by atoms with Crippen molar-refractivity contribution < 1.29 is 23.1 Å². The van der Waals surface area contributed by atoms with E-state index in [0.29, 0.717) is 17.5 Å². The van der Waals surface area contributed by atoms with Crippen LogP contribution < -0.4 is 4.74 Å². The molecule has 1 heterocycles. The number of fused-ring (bicyclic) bond motifs is 1. The molecule has 4 nitrogen and oxygen atoms in total. The largest absolute Gasteiger partial charge is 0.490 e. The topological polar surface area (TPSA) is 46.6 Å². The number of benzene rings is 2. The second-order valence-corrected chi connectivity index (χ2v) is 5.08. The molecule has 1 aliphatic heterocycles. The van der Waals surface area contributed by atoms with Gasteiger partial charge in [-0.1, -0.05) is 12.1 Å². The third-order valence-electron chi connectivity index (χ3n) is 3.56. The van der Waals surface area contributed by atoms with E-state index in [2.05, 4.69) is 0 Å². The predicted molar refractivity (Wildman–Crippen MR) is 78.3 cm³/mol. The minimum Gasteiger partial charge on any atom is -0.490 e. The zero-order valence-corrected chi connectivity index (χ0v) is 12.1. The number of hydrogen-bond donors (Lipinski definition) is 0. The summed E-state index contributed by atoms with van der Waals surface area (Å²) in [6.07, 6.45) is 0.349. The van der Waals surface area contributed by atoms with Gasteiger partial charge in [0.1, 0.15) is 5.82 Å². The number of nitrogens with zero attached hydrogens (tertiary/aromatic N) is 1. The highest BCUT2D eigenvalue weighted by atomic mass is 19.1. The van der Waals surface area contributed by atoms with E-state index in [1.165, 1.54) is 6.07 Å². The Balaban J connectivity index is 1.56. The van der Waals surface area contributed by atoms with Gasteiger partial charge in [0.05, 0.1) is 17.7 Å². The molecule has 23 heavy (non-hydrogen) atoms. The Morgan fingerprint density at radius 1 is 0.957 bits per heavy atom. The molecule has 0 N–H and O–H groups in total. The van der Waals surface area contributed by atoms with Gasteiger partial charge in [-0.15, -0.1) is 0 Å². The summed E-state index contributed by atoms with van der Waals surface area (Å²) < 4.78 is 31.4. The highest BCUT2D eigenvalue weighted by Crippen LogP contribution is 2.23. The zero-order valence-electron chi connectivity index (χ0n) is 12.1. The molecule has 0 aliphatic carbocycles. The van der Waals surface area contributed by atoms with Crippen LogP contribution in [0.4, 0.5) is 8.78 Å². The van der Waals surface area contributed by atoms with Gasteiger partial charge >= 0.3 is 0 Å². The van der Waals surface area contributed by atoms with Gasteiger partial charge in [-0.25, -0.2) is 8.78 Å². The summed E-state index contributed by atoms with van der Waals surface area (Å²) in [5.74, 6) is -2.20. The van der Waals surface area contributed by atoms with Crippen LogP contribution in [0, 0.1) is 11.6 Å². The molecule has 2 aromatic rings. The van der Waals surface area contributed by atoms with Gasteiger partial charge in [0.15, 0.2) is 11.6 Å². The van der Waals surface area contributed by atoms with E-state index in [1.807, 2.05) is 0 Å². The first-order valence-electron chi connectivity index (χ1n) is 7.11. The Bertz CT molecular complexity index is 741. The molecule has 2 amide bonds. The average Bonchev–Trinajstić information content (AvgIpc) is 2.78. The molecule has 0 fully saturated rings. The van der Waals surface area contributed by atoms with E-state index < -0.39 is 11.6 Å². The maximum absolute atomic E-state index is 13.4. The first-order chi connectivity index (χ1) is 11.1. The molecule has 0 spiro atoms. The van der Waals surface area contributed by atoms with Gasteiger partial charge in [0, 0.05) is 12.6 Å². The van der Waals surface area contributed by atoms with Crippen LogP contribution in [0.3, 0.4) is 0 Å². The number of ether oxygens (including phenoxy) is 1. The SMILES string of the molecule is O=C1c2ccccc2C(=O)N1CCCOc1ccc(F)cc1F. The molecular formula is C17H13F2NO3. The fourth-order valence-electron chi connectivity index (χ4n) is 2.44. The van der Waals surface area contributed by atoms with Crippen molar-refractivity contribution in [2.75, 3.05) is 13.2 Å². The number of carbonyl (C=O) groups excluding carboxylic acids is 2. The number of hydrogen-bond acceptors (Lipinski definition) is 3. The molecule has 0 unspecified atom stereocenters. The standard InChI is InChI=1S/C17H13F2NO3/c18-11-6-7-15(14(19)10-11)23-9-3-8-20-16(21)12-4-1-2-5-13(12)17(20)22/h1-2,4-7,10H,3,8-9H2. The van der Waals surface area contributed by atoms with Crippen LogP contribution in [-0.2, 0) is 0 Å². The maximum atomic E-state index is 13.4. The van der Waals surface area contributed by atoms with Crippen LogP contribution in [0.15, 0.2) is 42.5 Å². The van der Waals surface area contributed by atoms with Crippen LogP contribution in [0.25, 0.3) is 0 Å². The van der Waals surface area contributed by atoms with Crippen molar-refractivity contribution in [3.05, 3.63) is 65.2 Å². The minimum absolute atomic E-state index is 0.0613. The molecule has 118 valence electrons. The summed E-state index contributed by atoms with van der Waals surface area (Å²) in [4.78, 5) is 25.4. The third-order valence-corrected chi connectivity index (χ3v) is 3.56. The first kappa shape index (κ1) is 15.1. The van der Waals surface area contributed by atoms with E-state index in [0.717, 1.165) is 17.0 Å². The first-order valence-corrected chi connectivity index (χ1v) is 7.11. The van der Waals surface area contributed by atoms with Gasteiger partial charge in [-0.3, -0.25) is 14.5 Å². The summed E-state index contributed by atoms with van der Waals surface area (Å²) in [6, 6.07) is 9.66. The van der Waals surface area contributed by atoms with Crippen LogP contribution in [0.5, 0.6) is 5.75 Å². The summed E-state index contributed by atoms with van der Waals surface area (Å²) in [5.41, 5.74) is 0.783. The molecule has 0 aromatic heterocycles. The van der Waals surface area contributed by atoms with E-state index in [1.54, 1.807) is 24.3 Å². The van der Waals surface area contributed by atoms with Crippen LogP contribution in [0.2, 0.25) is 0 Å². The Kier molecular flexibility index (Phi) is 4.06. The number of carbonyl (C=O) groups is 2.